The highest BCUT2D eigenvalue weighted by Gasteiger charge is 2.32. The minimum Gasteiger partial charge on any atom is -0.361 e. The number of amides is 1. The molecule has 0 spiro atoms. The molecule has 0 radical (unpaired) electrons. The number of carbonyl (C=O) groups is 1. The minimum atomic E-state index is -0.275. The summed E-state index contributed by atoms with van der Waals surface area (Å²) in [4.78, 5) is 11.7. The zero-order chi connectivity index (χ0) is 14.8. The molecule has 21 heavy (non-hydrogen) atoms. The molecule has 0 aliphatic carbocycles. The molecule has 1 aliphatic rings. The second-order valence-corrected chi connectivity index (χ2v) is 5.76. The van der Waals surface area contributed by atoms with E-state index < -0.39 is 0 Å². The molecule has 2 aromatic rings. The lowest BCUT2D eigenvalue weighted by molar-refractivity contribution is -0.137. The van der Waals surface area contributed by atoms with E-state index in [2.05, 4.69) is 5.32 Å². The summed E-state index contributed by atoms with van der Waals surface area (Å²) in [6.07, 6.45) is -0.275. The molecule has 0 aromatic heterocycles. The average Bonchev–Trinajstić information content (AvgIpc) is 2.48. The minimum absolute atomic E-state index is 0.0429. The van der Waals surface area contributed by atoms with Gasteiger partial charge in [0.05, 0.1) is 6.04 Å². The topological polar surface area (TPSA) is 38.3 Å². The van der Waals surface area contributed by atoms with Gasteiger partial charge in [-0.2, -0.15) is 0 Å². The Hall–Kier alpha value is -1.55. The Morgan fingerprint density at radius 1 is 1.00 bits per heavy atom. The first-order chi connectivity index (χ1) is 10.1. The van der Waals surface area contributed by atoms with Gasteiger partial charge in [-0.15, -0.1) is 0 Å². The van der Waals surface area contributed by atoms with E-state index in [1.54, 1.807) is 12.1 Å². The number of nitrogens with one attached hydrogen (secondary N) is 1. The Kier molecular flexibility index (Phi) is 4.15. The number of benzene rings is 2. The highest BCUT2D eigenvalue weighted by Crippen LogP contribution is 2.35. The van der Waals surface area contributed by atoms with E-state index in [-0.39, 0.29) is 24.7 Å². The van der Waals surface area contributed by atoms with Crippen molar-refractivity contribution >= 4 is 29.1 Å². The Morgan fingerprint density at radius 2 is 1.76 bits per heavy atom. The first-order valence-corrected chi connectivity index (χ1v) is 7.31. The summed E-state index contributed by atoms with van der Waals surface area (Å²) in [6.45, 7) is 0.0429. The molecule has 108 valence electrons. The Labute approximate surface area is 132 Å². The molecular weight excluding hydrogens is 309 g/mol. The molecule has 1 fully saturated rings. The van der Waals surface area contributed by atoms with Crippen LogP contribution in [-0.4, -0.2) is 12.5 Å². The van der Waals surface area contributed by atoms with Crippen LogP contribution in [0.2, 0.25) is 10.0 Å². The smallest absolute Gasteiger partial charge is 0.246 e. The van der Waals surface area contributed by atoms with Crippen LogP contribution < -0.4 is 5.32 Å². The van der Waals surface area contributed by atoms with Crippen LogP contribution in [0, 0.1) is 0 Å². The third-order valence-corrected chi connectivity index (χ3v) is 3.91. The zero-order valence-electron chi connectivity index (χ0n) is 11.1. The standard InChI is InChI=1S/C16H13Cl2NO2/c17-12-6-4-10(5-7-12)15-16(21-9-14(20)19-15)11-2-1-3-13(18)8-11/h1-8,15-16H,9H2,(H,19,20)/t15-,16+/m0/s1. The number of hydrogen-bond acceptors (Lipinski definition) is 2. The predicted octanol–water partition coefficient (Wildman–Crippen LogP) is 3.92. The van der Waals surface area contributed by atoms with Gasteiger partial charge in [0.1, 0.15) is 12.7 Å². The molecule has 1 amide bonds. The Bertz CT molecular complexity index is 658. The Morgan fingerprint density at radius 3 is 2.48 bits per heavy atom. The summed E-state index contributed by atoms with van der Waals surface area (Å²) in [5.74, 6) is -0.131. The molecule has 1 heterocycles. The average molecular weight is 322 g/mol. The van der Waals surface area contributed by atoms with Crippen LogP contribution in [0.1, 0.15) is 23.3 Å². The van der Waals surface area contributed by atoms with Crippen molar-refractivity contribution in [2.75, 3.05) is 6.61 Å². The van der Waals surface area contributed by atoms with Crippen LogP contribution in [0.5, 0.6) is 0 Å². The fraction of sp³-hybridized carbons (Fsp3) is 0.188. The third kappa shape index (κ3) is 3.21. The number of rotatable bonds is 2. The maximum atomic E-state index is 11.7. The number of halogens is 2. The van der Waals surface area contributed by atoms with Crippen molar-refractivity contribution in [2.24, 2.45) is 0 Å². The fourth-order valence-corrected chi connectivity index (χ4v) is 2.78. The van der Waals surface area contributed by atoms with Crippen LogP contribution in [0.3, 0.4) is 0 Å². The SMILES string of the molecule is O=C1CO[C@H](c2cccc(Cl)c2)[C@H](c2ccc(Cl)cc2)N1. The van der Waals surface area contributed by atoms with Crippen LogP contribution >= 0.6 is 23.2 Å². The van der Waals surface area contributed by atoms with Crippen molar-refractivity contribution < 1.29 is 9.53 Å². The van der Waals surface area contributed by atoms with E-state index in [0.29, 0.717) is 10.0 Å². The van der Waals surface area contributed by atoms with Gasteiger partial charge in [-0.05, 0) is 35.4 Å². The summed E-state index contributed by atoms with van der Waals surface area (Å²) in [5.41, 5.74) is 1.87. The first-order valence-electron chi connectivity index (χ1n) is 6.55. The van der Waals surface area contributed by atoms with Crippen molar-refractivity contribution in [3.63, 3.8) is 0 Å². The molecule has 3 rings (SSSR count). The van der Waals surface area contributed by atoms with Crippen LogP contribution in [0.15, 0.2) is 48.5 Å². The zero-order valence-corrected chi connectivity index (χ0v) is 12.6. The molecule has 0 saturated carbocycles. The van der Waals surface area contributed by atoms with Gasteiger partial charge in [-0.25, -0.2) is 0 Å². The molecule has 3 nitrogen and oxygen atoms in total. The van der Waals surface area contributed by atoms with E-state index in [1.165, 1.54) is 0 Å². The van der Waals surface area contributed by atoms with Gasteiger partial charge in [-0.3, -0.25) is 4.79 Å². The first kappa shape index (κ1) is 14.4. The third-order valence-electron chi connectivity index (χ3n) is 3.42. The second-order valence-electron chi connectivity index (χ2n) is 4.88. The quantitative estimate of drug-likeness (QED) is 0.910. The highest BCUT2D eigenvalue weighted by molar-refractivity contribution is 6.30. The predicted molar refractivity (Wildman–Crippen MR) is 82.5 cm³/mol. The second kappa shape index (κ2) is 6.06. The van der Waals surface area contributed by atoms with E-state index in [4.69, 9.17) is 27.9 Å². The lowest BCUT2D eigenvalue weighted by atomic mass is 9.94. The van der Waals surface area contributed by atoms with Gasteiger partial charge in [0.2, 0.25) is 5.91 Å². The van der Waals surface area contributed by atoms with Crippen molar-refractivity contribution in [1.82, 2.24) is 5.32 Å². The molecule has 1 N–H and O–H groups in total. The summed E-state index contributed by atoms with van der Waals surface area (Å²) < 4.78 is 5.72. The van der Waals surface area contributed by atoms with Gasteiger partial charge >= 0.3 is 0 Å². The van der Waals surface area contributed by atoms with E-state index in [1.807, 2.05) is 36.4 Å². The van der Waals surface area contributed by atoms with E-state index in [0.717, 1.165) is 11.1 Å². The lowest BCUT2D eigenvalue weighted by Crippen LogP contribution is -2.41. The van der Waals surface area contributed by atoms with Crippen molar-refractivity contribution in [2.45, 2.75) is 12.1 Å². The Balaban J connectivity index is 1.96. The molecule has 0 unspecified atom stereocenters. The summed E-state index contributed by atoms with van der Waals surface area (Å²) in [7, 11) is 0. The van der Waals surface area contributed by atoms with Crippen molar-refractivity contribution in [3.05, 3.63) is 69.7 Å². The highest BCUT2D eigenvalue weighted by atomic mass is 35.5. The van der Waals surface area contributed by atoms with Crippen LogP contribution in [0.25, 0.3) is 0 Å². The van der Waals surface area contributed by atoms with E-state index >= 15 is 0 Å². The maximum absolute atomic E-state index is 11.7. The van der Waals surface area contributed by atoms with Gasteiger partial charge < -0.3 is 10.1 Å². The summed E-state index contributed by atoms with van der Waals surface area (Å²) >= 11 is 12.0. The normalized spacial score (nSPS) is 21.9. The number of hydrogen-bond donors (Lipinski definition) is 1. The molecule has 5 heteroatoms. The van der Waals surface area contributed by atoms with Gasteiger partial charge in [0.25, 0.3) is 0 Å². The molecular formula is C16H13Cl2NO2. The molecule has 2 atom stereocenters. The molecule has 1 aliphatic heterocycles. The summed E-state index contributed by atoms with van der Waals surface area (Å²) in [6, 6.07) is 14.6. The monoisotopic (exact) mass is 321 g/mol. The molecule has 0 bridgehead atoms. The maximum Gasteiger partial charge on any atom is 0.246 e. The van der Waals surface area contributed by atoms with Gasteiger partial charge in [0, 0.05) is 10.0 Å². The van der Waals surface area contributed by atoms with Gasteiger partial charge in [-0.1, -0.05) is 47.5 Å². The largest absolute Gasteiger partial charge is 0.361 e. The van der Waals surface area contributed by atoms with Crippen molar-refractivity contribution in [1.29, 1.82) is 0 Å². The molecule has 2 aromatic carbocycles. The summed E-state index contributed by atoms with van der Waals surface area (Å²) in [5, 5.41) is 4.27. The number of morpholine rings is 1. The fourth-order valence-electron chi connectivity index (χ4n) is 2.45. The van der Waals surface area contributed by atoms with Gasteiger partial charge in [0.15, 0.2) is 0 Å². The van der Waals surface area contributed by atoms with Crippen LogP contribution in [0.4, 0.5) is 0 Å². The van der Waals surface area contributed by atoms with Crippen LogP contribution in [-0.2, 0) is 9.53 Å². The lowest BCUT2D eigenvalue weighted by Gasteiger charge is -2.33. The number of ether oxygens (including phenoxy) is 1. The van der Waals surface area contributed by atoms with E-state index in [9.17, 15) is 4.79 Å². The number of carbonyl (C=O) groups excluding carboxylic acids is 1. The molecule has 1 saturated heterocycles. The van der Waals surface area contributed by atoms with Crippen molar-refractivity contribution in [3.8, 4) is 0 Å².